The summed E-state index contributed by atoms with van der Waals surface area (Å²) in [7, 11) is 0. The van der Waals surface area contributed by atoms with E-state index < -0.39 is 5.92 Å². The average Bonchev–Trinajstić information content (AvgIpc) is 3.34. The van der Waals surface area contributed by atoms with Crippen LogP contribution in [0, 0.1) is 19.8 Å². The summed E-state index contributed by atoms with van der Waals surface area (Å²) in [5.74, 6) is 1.18. The average molecular weight is 451 g/mol. The van der Waals surface area contributed by atoms with Crippen molar-refractivity contribution in [2.75, 3.05) is 16.8 Å². The summed E-state index contributed by atoms with van der Waals surface area (Å²) in [5, 5.41) is 11.8. The van der Waals surface area contributed by atoms with E-state index in [2.05, 4.69) is 41.5 Å². The fraction of sp³-hybridized carbons (Fsp3) is 0.333. The molecular weight excluding hydrogens is 424 g/mol. The quantitative estimate of drug-likeness (QED) is 0.567. The lowest BCUT2D eigenvalue weighted by Crippen LogP contribution is -2.28. The van der Waals surface area contributed by atoms with Crippen LogP contribution in [0.15, 0.2) is 42.5 Å². The highest BCUT2D eigenvalue weighted by molar-refractivity contribution is 7.15. The van der Waals surface area contributed by atoms with Gasteiger partial charge in [-0.3, -0.25) is 9.59 Å². The van der Waals surface area contributed by atoms with E-state index in [4.69, 9.17) is 4.74 Å². The van der Waals surface area contributed by atoms with Crippen LogP contribution in [0.3, 0.4) is 0 Å². The Morgan fingerprint density at radius 3 is 2.56 bits per heavy atom. The molecule has 1 saturated heterocycles. The molecule has 1 aliphatic heterocycles. The summed E-state index contributed by atoms with van der Waals surface area (Å²) in [6.07, 6.45) is 0.170. The van der Waals surface area contributed by atoms with Crippen LogP contribution >= 0.6 is 11.3 Å². The van der Waals surface area contributed by atoms with E-state index in [1.165, 1.54) is 11.3 Å². The van der Waals surface area contributed by atoms with Gasteiger partial charge in [-0.25, -0.2) is 0 Å². The number of hydrogen-bond donors (Lipinski definition) is 1. The van der Waals surface area contributed by atoms with Crippen molar-refractivity contribution in [1.82, 2.24) is 10.2 Å². The van der Waals surface area contributed by atoms with E-state index in [9.17, 15) is 9.59 Å². The molecule has 166 valence electrons. The van der Waals surface area contributed by atoms with Crippen molar-refractivity contribution in [3.05, 3.63) is 58.6 Å². The van der Waals surface area contributed by atoms with E-state index in [1.807, 2.05) is 44.2 Å². The molecule has 2 heterocycles. The Morgan fingerprint density at radius 2 is 1.91 bits per heavy atom. The fourth-order valence-corrected chi connectivity index (χ4v) is 4.31. The Morgan fingerprint density at radius 1 is 1.16 bits per heavy atom. The highest BCUT2D eigenvalue weighted by atomic mass is 32.1. The molecule has 2 aromatic carbocycles. The van der Waals surface area contributed by atoms with E-state index in [-0.39, 0.29) is 18.2 Å². The first kappa shape index (κ1) is 22.0. The first-order chi connectivity index (χ1) is 15.3. The maximum atomic E-state index is 12.6. The third kappa shape index (κ3) is 4.80. The summed E-state index contributed by atoms with van der Waals surface area (Å²) in [5.41, 5.74) is 3.03. The van der Waals surface area contributed by atoms with Crippen LogP contribution in [0.2, 0.25) is 0 Å². The van der Waals surface area contributed by atoms with Crippen molar-refractivity contribution in [2.45, 2.75) is 40.0 Å². The molecule has 1 fully saturated rings. The molecule has 0 radical (unpaired) electrons. The van der Waals surface area contributed by atoms with Crippen molar-refractivity contribution in [2.24, 2.45) is 5.92 Å². The van der Waals surface area contributed by atoms with Crippen LogP contribution in [-0.4, -0.2) is 28.6 Å². The summed E-state index contributed by atoms with van der Waals surface area (Å²) >= 11 is 1.31. The number of amides is 2. The molecule has 0 aliphatic carbocycles. The number of carbonyl (C=O) groups is 2. The second kappa shape index (κ2) is 9.08. The largest absolute Gasteiger partial charge is 0.457 e. The molecule has 0 bridgehead atoms. The first-order valence-electron chi connectivity index (χ1n) is 10.6. The fourth-order valence-electron chi connectivity index (χ4n) is 3.72. The van der Waals surface area contributed by atoms with Crippen molar-refractivity contribution in [1.29, 1.82) is 0 Å². The van der Waals surface area contributed by atoms with Crippen LogP contribution in [0.25, 0.3) is 0 Å². The van der Waals surface area contributed by atoms with Gasteiger partial charge in [0.2, 0.25) is 16.9 Å². The number of aromatic nitrogens is 2. The minimum Gasteiger partial charge on any atom is -0.457 e. The third-order valence-corrected chi connectivity index (χ3v) is 6.17. The summed E-state index contributed by atoms with van der Waals surface area (Å²) < 4.78 is 6.14. The zero-order valence-corrected chi connectivity index (χ0v) is 19.4. The molecule has 2 amide bonds. The zero-order valence-electron chi connectivity index (χ0n) is 18.6. The number of benzene rings is 2. The van der Waals surface area contributed by atoms with Gasteiger partial charge >= 0.3 is 0 Å². The minimum absolute atomic E-state index is 0.0759. The molecule has 32 heavy (non-hydrogen) atoms. The first-order valence-corrected chi connectivity index (χ1v) is 11.4. The Balaban J connectivity index is 1.43. The molecule has 0 spiro atoms. The van der Waals surface area contributed by atoms with Gasteiger partial charge in [-0.1, -0.05) is 37.3 Å². The van der Waals surface area contributed by atoms with E-state index in [0.717, 1.165) is 27.6 Å². The number of nitrogens with one attached hydrogen (secondary N) is 1. The number of ether oxygens (including phenoxy) is 1. The maximum absolute atomic E-state index is 12.6. The summed E-state index contributed by atoms with van der Waals surface area (Å²) in [4.78, 5) is 26.8. The normalized spacial score (nSPS) is 16.0. The molecule has 1 N–H and O–H groups in total. The van der Waals surface area contributed by atoms with Crippen molar-refractivity contribution in [3.8, 4) is 11.5 Å². The number of nitrogens with zero attached hydrogens (tertiary/aromatic N) is 3. The SMILES string of the molecule is Cc1ccc(C(C)C)c(Oc2ccc(N3C[C@@H](C(=O)Nc4nnc(C)s4)CC3=O)cc2)c1. The lowest BCUT2D eigenvalue weighted by molar-refractivity contribution is -0.122. The number of rotatable bonds is 6. The number of aryl methyl sites for hydroxylation is 2. The van der Waals surface area contributed by atoms with Crippen LogP contribution in [0.5, 0.6) is 11.5 Å². The molecule has 1 aliphatic rings. The Labute approximate surface area is 191 Å². The van der Waals surface area contributed by atoms with E-state index >= 15 is 0 Å². The van der Waals surface area contributed by atoms with Gasteiger partial charge in [-0.2, -0.15) is 0 Å². The van der Waals surface area contributed by atoms with Gasteiger partial charge in [0.1, 0.15) is 16.5 Å². The van der Waals surface area contributed by atoms with Gasteiger partial charge in [0, 0.05) is 18.7 Å². The van der Waals surface area contributed by atoms with Crippen molar-refractivity contribution in [3.63, 3.8) is 0 Å². The highest BCUT2D eigenvalue weighted by Crippen LogP contribution is 2.33. The summed E-state index contributed by atoms with van der Waals surface area (Å²) in [6.45, 7) is 8.47. The lowest BCUT2D eigenvalue weighted by Gasteiger charge is -2.18. The predicted molar refractivity (Wildman–Crippen MR) is 126 cm³/mol. The van der Waals surface area contributed by atoms with Gasteiger partial charge in [-0.15, -0.1) is 10.2 Å². The molecule has 7 nitrogen and oxygen atoms in total. The molecule has 3 aromatic rings. The van der Waals surface area contributed by atoms with Crippen LogP contribution < -0.4 is 15.0 Å². The molecular formula is C24H26N4O3S. The number of carbonyl (C=O) groups excluding carboxylic acids is 2. The Kier molecular flexibility index (Phi) is 6.23. The second-order valence-corrected chi connectivity index (χ2v) is 9.49. The van der Waals surface area contributed by atoms with E-state index in [0.29, 0.717) is 23.3 Å². The van der Waals surface area contributed by atoms with Crippen molar-refractivity contribution < 1.29 is 14.3 Å². The zero-order chi connectivity index (χ0) is 22.8. The monoisotopic (exact) mass is 450 g/mol. The highest BCUT2D eigenvalue weighted by Gasteiger charge is 2.35. The minimum atomic E-state index is -0.427. The second-order valence-electron chi connectivity index (χ2n) is 8.31. The number of hydrogen-bond acceptors (Lipinski definition) is 6. The van der Waals surface area contributed by atoms with Gasteiger partial charge in [0.25, 0.3) is 0 Å². The maximum Gasteiger partial charge on any atom is 0.231 e. The van der Waals surface area contributed by atoms with Gasteiger partial charge in [0.15, 0.2) is 0 Å². The third-order valence-electron chi connectivity index (χ3n) is 5.42. The standard InChI is InChI=1S/C24H26N4O3S/c1-14(2)20-10-5-15(3)11-21(20)31-19-8-6-18(7-9-19)28-13-17(12-22(28)29)23(30)25-24-27-26-16(4)32-24/h5-11,14,17H,12-13H2,1-4H3,(H,25,27,30)/t17-/m0/s1. The molecule has 8 heteroatoms. The van der Waals surface area contributed by atoms with Crippen LogP contribution in [0.1, 0.15) is 42.3 Å². The Bertz CT molecular complexity index is 1140. The molecule has 0 unspecified atom stereocenters. The van der Waals surface area contributed by atoms with Gasteiger partial charge in [0.05, 0.1) is 5.92 Å². The summed E-state index contributed by atoms with van der Waals surface area (Å²) in [6, 6.07) is 13.6. The molecule has 1 atom stereocenters. The topological polar surface area (TPSA) is 84.4 Å². The molecule has 4 rings (SSSR count). The van der Waals surface area contributed by atoms with Crippen LogP contribution in [0.4, 0.5) is 10.8 Å². The van der Waals surface area contributed by atoms with Crippen molar-refractivity contribution >= 4 is 34.0 Å². The predicted octanol–water partition coefficient (Wildman–Crippen LogP) is 5.06. The smallest absolute Gasteiger partial charge is 0.231 e. The van der Waals surface area contributed by atoms with E-state index in [1.54, 1.807) is 4.90 Å². The van der Waals surface area contributed by atoms with Gasteiger partial charge < -0.3 is 15.0 Å². The lowest BCUT2D eigenvalue weighted by atomic mass is 10.0. The molecule has 0 saturated carbocycles. The van der Waals surface area contributed by atoms with Gasteiger partial charge in [-0.05, 0) is 61.2 Å². The molecule has 1 aromatic heterocycles. The number of anilines is 2. The van der Waals surface area contributed by atoms with Crippen LogP contribution in [-0.2, 0) is 9.59 Å². The Hall–Kier alpha value is -3.26.